The quantitative estimate of drug-likeness (QED) is 0.729. The van der Waals surface area contributed by atoms with Gasteiger partial charge in [0.05, 0.1) is 3.79 Å². The molecular formula is C12H9Br2ClOS. The van der Waals surface area contributed by atoms with Crippen LogP contribution in [0.1, 0.15) is 22.1 Å². The van der Waals surface area contributed by atoms with Crippen molar-refractivity contribution in [3.8, 4) is 0 Å². The number of thiophene rings is 1. The molecule has 0 saturated carbocycles. The van der Waals surface area contributed by atoms with E-state index in [0.29, 0.717) is 5.02 Å². The molecule has 0 amide bonds. The van der Waals surface area contributed by atoms with Crippen molar-refractivity contribution < 1.29 is 5.11 Å². The van der Waals surface area contributed by atoms with E-state index in [-0.39, 0.29) is 0 Å². The first-order chi connectivity index (χ1) is 7.99. The maximum Gasteiger partial charge on any atom is 0.107 e. The molecule has 1 atom stereocenters. The van der Waals surface area contributed by atoms with Crippen molar-refractivity contribution in [2.24, 2.45) is 0 Å². The van der Waals surface area contributed by atoms with Crippen molar-refractivity contribution in [2.45, 2.75) is 13.0 Å². The van der Waals surface area contributed by atoms with Crippen LogP contribution in [-0.4, -0.2) is 5.11 Å². The number of aliphatic hydroxyl groups excluding tert-OH is 1. The van der Waals surface area contributed by atoms with E-state index in [9.17, 15) is 5.11 Å². The summed E-state index contributed by atoms with van der Waals surface area (Å²) >= 11 is 14.5. The van der Waals surface area contributed by atoms with Gasteiger partial charge in [-0.3, -0.25) is 0 Å². The molecule has 1 unspecified atom stereocenters. The van der Waals surface area contributed by atoms with Gasteiger partial charge in [0, 0.05) is 19.9 Å². The molecule has 0 aliphatic rings. The summed E-state index contributed by atoms with van der Waals surface area (Å²) < 4.78 is 1.92. The van der Waals surface area contributed by atoms with Gasteiger partial charge in [0.25, 0.3) is 0 Å². The molecule has 0 aliphatic carbocycles. The summed E-state index contributed by atoms with van der Waals surface area (Å²) in [6.07, 6.45) is -0.682. The largest absolute Gasteiger partial charge is 0.384 e. The Morgan fingerprint density at radius 3 is 2.47 bits per heavy atom. The van der Waals surface area contributed by atoms with Crippen molar-refractivity contribution in [1.82, 2.24) is 0 Å². The van der Waals surface area contributed by atoms with Crippen molar-refractivity contribution >= 4 is 54.8 Å². The standard InChI is InChI=1S/C12H9Br2ClOS/c1-6-9(5-11(14)17-6)12(16)8-3-2-7(13)4-10(8)15/h2-5,12,16H,1H3. The minimum absolute atomic E-state index is 0.564. The van der Waals surface area contributed by atoms with E-state index >= 15 is 0 Å². The van der Waals surface area contributed by atoms with E-state index in [1.165, 1.54) is 0 Å². The lowest BCUT2D eigenvalue weighted by Gasteiger charge is -2.12. The highest BCUT2D eigenvalue weighted by Crippen LogP contribution is 2.36. The fourth-order valence-electron chi connectivity index (χ4n) is 1.62. The van der Waals surface area contributed by atoms with Crippen LogP contribution in [0.4, 0.5) is 0 Å². The average molecular weight is 397 g/mol. The van der Waals surface area contributed by atoms with E-state index in [0.717, 1.165) is 24.3 Å². The Hall–Kier alpha value is 0.130. The zero-order chi connectivity index (χ0) is 12.6. The Kier molecular flexibility index (Phi) is 4.31. The normalized spacial score (nSPS) is 12.8. The van der Waals surface area contributed by atoms with Gasteiger partial charge in [-0.25, -0.2) is 0 Å². The Bertz CT molecular complexity index is 553. The van der Waals surface area contributed by atoms with Gasteiger partial charge in [-0.05, 0) is 46.6 Å². The molecule has 0 spiro atoms. The van der Waals surface area contributed by atoms with Crippen LogP contribution < -0.4 is 0 Å². The summed E-state index contributed by atoms with van der Waals surface area (Å²) in [7, 11) is 0. The maximum absolute atomic E-state index is 10.3. The van der Waals surface area contributed by atoms with Crippen LogP contribution in [0.3, 0.4) is 0 Å². The zero-order valence-electron chi connectivity index (χ0n) is 8.88. The fourth-order valence-corrected chi connectivity index (χ4v) is 4.14. The lowest BCUT2D eigenvalue weighted by atomic mass is 10.0. The molecule has 5 heteroatoms. The van der Waals surface area contributed by atoms with E-state index in [4.69, 9.17) is 11.6 Å². The van der Waals surface area contributed by atoms with Crippen molar-refractivity contribution in [1.29, 1.82) is 0 Å². The Morgan fingerprint density at radius 2 is 1.94 bits per heavy atom. The summed E-state index contributed by atoms with van der Waals surface area (Å²) in [5, 5.41) is 10.9. The number of hydrogen-bond acceptors (Lipinski definition) is 2. The highest BCUT2D eigenvalue weighted by Gasteiger charge is 2.18. The molecule has 1 aromatic heterocycles. The summed E-state index contributed by atoms with van der Waals surface area (Å²) in [6, 6.07) is 7.43. The third kappa shape index (κ3) is 2.93. The molecule has 90 valence electrons. The van der Waals surface area contributed by atoms with Crippen molar-refractivity contribution in [3.05, 3.63) is 53.6 Å². The first kappa shape index (κ1) is 13.6. The number of aryl methyl sites for hydroxylation is 1. The van der Waals surface area contributed by atoms with Gasteiger partial charge in [0.2, 0.25) is 0 Å². The maximum atomic E-state index is 10.3. The second kappa shape index (κ2) is 5.41. The molecule has 1 nitrogen and oxygen atoms in total. The third-order valence-corrected chi connectivity index (χ3v) is 4.87. The summed E-state index contributed by atoms with van der Waals surface area (Å²) in [6.45, 7) is 1.99. The lowest BCUT2D eigenvalue weighted by Crippen LogP contribution is -2.00. The molecule has 2 aromatic rings. The molecule has 1 heterocycles. The Labute approximate surface area is 126 Å². The van der Waals surface area contributed by atoms with E-state index in [2.05, 4.69) is 31.9 Å². The Morgan fingerprint density at radius 1 is 1.24 bits per heavy atom. The van der Waals surface area contributed by atoms with Gasteiger partial charge < -0.3 is 5.11 Å². The minimum atomic E-state index is -0.682. The molecule has 17 heavy (non-hydrogen) atoms. The predicted molar refractivity (Wildman–Crippen MR) is 80.0 cm³/mol. The Balaban J connectivity index is 2.43. The van der Waals surface area contributed by atoms with Gasteiger partial charge in [-0.1, -0.05) is 33.6 Å². The number of rotatable bonds is 2. The van der Waals surface area contributed by atoms with E-state index in [1.807, 2.05) is 25.1 Å². The topological polar surface area (TPSA) is 20.2 Å². The zero-order valence-corrected chi connectivity index (χ0v) is 13.6. The van der Waals surface area contributed by atoms with Gasteiger partial charge in [0.1, 0.15) is 6.10 Å². The molecule has 0 radical (unpaired) electrons. The van der Waals surface area contributed by atoms with Crippen LogP contribution in [0.5, 0.6) is 0 Å². The molecule has 1 aromatic carbocycles. The molecule has 1 N–H and O–H groups in total. The number of hydrogen-bond donors (Lipinski definition) is 1. The first-order valence-corrected chi connectivity index (χ1v) is 7.66. The third-order valence-electron chi connectivity index (χ3n) is 2.48. The number of aliphatic hydroxyl groups is 1. The summed E-state index contributed by atoms with van der Waals surface area (Å²) in [4.78, 5) is 1.09. The van der Waals surface area contributed by atoms with E-state index < -0.39 is 6.10 Å². The van der Waals surface area contributed by atoms with Crippen LogP contribution in [0.15, 0.2) is 32.5 Å². The highest BCUT2D eigenvalue weighted by atomic mass is 79.9. The highest BCUT2D eigenvalue weighted by molar-refractivity contribution is 9.11. The summed E-state index contributed by atoms with van der Waals surface area (Å²) in [5.74, 6) is 0. The summed E-state index contributed by atoms with van der Waals surface area (Å²) in [5.41, 5.74) is 1.62. The van der Waals surface area contributed by atoms with Crippen LogP contribution in [0.25, 0.3) is 0 Å². The second-order valence-electron chi connectivity index (χ2n) is 3.63. The SMILES string of the molecule is Cc1sc(Br)cc1C(O)c1ccc(Br)cc1Cl. The van der Waals surface area contributed by atoms with Crippen LogP contribution in [0.2, 0.25) is 5.02 Å². The molecule has 0 saturated heterocycles. The molecular weight excluding hydrogens is 387 g/mol. The van der Waals surface area contributed by atoms with Gasteiger partial charge in [-0.2, -0.15) is 0 Å². The molecule has 2 rings (SSSR count). The smallest absolute Gasteiger partial charge is 0.107 e. The number of benzene rings is 1. The lowest BCUT2D eigenvalue weighted by molar-refractivity contribution is 0.220. The monoisotopic (exact) mass is 394 g/mol. The molecule has 0 bridgehead atoms. The van der Waals surface area contributed by atoms with Gasteiger partial charge >= 0.3 is 0 Å². The van der Waals surface area contributed by atoms with Crippen molar-refractivity contribution in [3.63, 3.8) is 0 Å². The average Bonchev–Trinajstić information content (AvgIpc) is 2.57. The van der Waals surface area contributed by atoms with Crippen LogP contribution >= 0.6 is 54.8 Å². The van der Waals surface area contributed by atoms with E-state index in [1.54, 1.807) is 17.4 Å². The first-order valence-electron chi connectivity index (χ1n) is 4.88. The number of halogens is 3. The van der Waals surface area contributed by atoms with Crippen LogP contribution in [0, 0.1) is 6.92 Å². The minimum Gasteiger partial charge on any atom is -0.384 e. The van der Waals surface area contributed by atoms with Crippen molar-refractivity contribution in [2.75, 3.05) is 0 Å². The second-order valence-corrected chi connectivity index (χ2v) is 7.59. The van der Waals surface area contributed by atoms with Gasteiger partial charge in [-0.15, -0.1) is 11.3 Å². The molecule has 0 aliphatic heterocycles. The predicted octanol–water partition coefficient (Wildman–Crippen LogP) is 5.32. The molecule has 0 fully saturated rings. The van der Waals surface area contributed by atoms with Crippen LogP contribution in [-0.2, 0) is 0 Å². The fraction of sp³-hybridized carbons (Fsp3) is 0.167. The van der Waals surface area contributed by atoms with Gasteiger partial charge in [0.15, 0.2) is 0 Å².